The van der Waals surface area contributed by atoms with Crippen molar-refractivity contribution in [3.8, 4) is 0 Å². The fourth-order valence-corrected chi connectivity index (χ4v) is 2.95. The van der Waals surface area contributed by atoms with Crippen molar-refractivity contribution in [2.75, 3.05) is 19.6 Å². The first-order valence-corrected chi connectivity index (χ1v) is 8.09. The maximum Gasteiger partial charge on any atom is 0.222 e. The molecule has 2 atom stereocenters. The molecule has 2 heterocycles. The van der Waals surface area contributed by atoms with Gasteiger partial charge in [0.05, 0.1) is 17.8 Å². The van der Waals surface area contributed by atoms with Crippen molar-refractivity contribution >= 4 is 5.91 Å². The van der Waals surface area contributed by atoms with E-state index in [1.165, 1.54) is 0 Å². The summed E-state index contributed by atoms with van der Waals surface area (Å²) in [5.41, 5.74) is 2.18. The number of β-amino-alcohol motifs (C(OH)–C–C–N with tert-alkyl or cyclic N) is 1. The van der Waals surface area contributed by atoms with Crippen LogP contribution in [-0.2, 0) is 4.79 Å². The summed E-state index contributed by atoms with van der Waals surface area (Å²) in [7, 11) is 0. The quantitative estimate of drug-likeness (QED) is 0.804. The lowest BCUT2D eigenvalue weighted by atomic mass is 9.97. The Morgan fingerprint density at radius 1 is 1.45 bits per heavy atom. The molecule has 1 fully saturated rings. The molecule has 22 heavy (non-hydrogen) atoms. The van der Waals surface area contributed by atoms with Crippen LogP contribution in [0.4, 0.5) is 0 Å². The highest BCUT2D eigenvalue weighted by Gasteiger charge is 2.24. The summed E-state index contributed by atoms with van der Waals surface area (Å²) >= 11 is 0. The molecule has 5 nitrogen and oxygen atoms in total. The monoisotopic (exact) mass is 305 g/mol. The molecule has 0 saturated carbocycles. The molecule has 1 aliphatic heterocycles. The third-order valence-electron chi connectivity index (χ3n) is 4.19. The van der Waals surface area contributed by atoms with Crippen LogP contribution in [0.15, 0.2) is 18.3 Å². The van der Waals surface area contributed by atoms with Crippen LogP contribution in [0, 0.1) is 12.8 Å². The summed E-state index contributed by atoms with van der Waals surface area (Å²) in [6.07, 6.45) is 2.77. The van der Waals surface area contributed by atoms with Gasteiger partial charge in [-0.05, 0) is 30.9 Å². The maximum absolute atomic E-state index is 11.6. The Labute approximate surface area is 132 Å². The summed E-state index contributed by atoms with van der Waals surface area (Å²) in [5.74, 6) is 0.522. The van der Waals surface area contributed by atoms with E-state index < -0.39 is 6.10 Å². The van der Waals surface area contributed by atoms with Gasteiger partial charge in [-0.2, -0.15) is 0 Å². The standard InChI is InChI=1S/C17H27N3O2/c1-12(2)16(17-13(3)6-4-8-18-17)19-10-14(21)11-20-9-5-7-15(20)22/h4,6,8,12,14,16,19,21H,5,7,9-11H2,1-3H3. The lowest BCUT2D eigenvalue weighted by molar-refractivity contribution is -0.128. The van der Waals surface area contributed by atoms with E-state index in [4.69, 9.17) is 0 Å². The molecule has 0 aliphatic carbocycles. The molecule has 2 rings (SSSR count). The number of hydrogen-bond acceptors (Lipinski definition) is 4. The molecular weight excluding hydrogens is 278 g/mol. The highest BCUT2D eigenvalue weighted by molar-refractivity contribution is 5.78. The second-order valence-corrected chi connectivity index (χ2v) is 6.43. The summed E-state index contributed by atoms with van der Waals surface area (Å²) in [4.78, 5) is 17.8. The Bertz CT molecular complexity index is 504. The molecule has 2 N–H and O–H groups in total. The summed E-state index contributed by atoms with van der Waals surface area (Å²) < 4.78 is 0. The van der Waals surface area contributed by atoms with Crippen molar-refractivity contribution in [3.63, 3.8) is 0 Å². The van der Waals surface area contributed by atoms with E-state index in [1.807, 2.05) is 6.07 Å². The number of nitrogens with one attached hydrogen (secondary N) is 1. The number of aliphatic hydroxyl groups excluding tert-OH is 1. The van der Waals surface area contributed by atoms with Crippen LogP contribution < -0.4 is 5.32 Å². The summed E-state index contributed by atoms with van der Waals surface area (Å²) in [6, 6.07) is 4.09. The van der Waals surface area contributed by atoms with Crippen LogP contribution in [0.25, 0.3) is 0 Å². The predicted octanol–water partition coefficient (Wildman–Crippen LogP) is 1.66. The van der Waals surface area contributed by atoms with Crippen molar-refractivity contribution in [2.45, 2.75) is 45.8 Å². The number of nitrogens with zero attached hydrogens (tertiary/aromatic N) is 2. The molecule has 0 radical (unpaired) electrons. The zero-order chi connectivity index (χ0) is 16.1. The zero-order valence-electron chi connectivity index (χ0n) is 13.7. The van der Waals surface area contributed by atoms with Gasteiger partial charge in [0.1, 0.15) is 0 Å². The van der Waals surface area contributed by atoms with Crippen LogP contribution in [0.5, 0.6) is 0 Å². The summed E-state index contributed by atoms with van der Waals surface area (Å²) in [5, 5.41) is 13.6. The highest BCUT2D eigenvalue weighted by Crippen LogP contribution is 2.22. The van der Waals surface area contributed by atoms with Crippen LogP contribution in [0.1, 0.15) is 44.0 Å². The van der Waals surface area contributed by atoms with Gasteiger partial charge in [0, 0.05) is 32.3 Å². The van der Waals surface area contributed by atoms with E-state index in [2.05, 4.69) is 37.1 Å². The Morgan fingerprint density at radius 2 is 2.23 bits per heavy atom. The topological polar surface area (TPSA) is 65.5 Å². The maximum atomic E-state index is 11.6. The number of pyridine rings is 1. The first-order chi connectivity index (χ1) is 10.5. The molecule has 0 spiro atoms. The number of aryl methyl sites for hydroxylation is 1. The summed E-state index contributed by atoms with van der Waals surface area (Å²) in [6.45, 7) is 7.98. The Morgan fingerprint density at radius 3 is 2.82 bits per heavy atom. The Kier molecular flexibility index (Phi) is 5.91. The largest absolute Gasteiger partial charge is 0.390 e. The normalized spacial score (nSPS) is 18.0. The molecule has 5 heteroatoms. The molecule has 2 unspecified atom stereocenters. The third-order valence-corrected chi connectivity index (χ3v) is 4.19. The number of likely N-dealkylation sites (tertiary alicyclic amines) is 1. The molecule has 1 aromatic heterocycles. The van der Waals surface area contributed by atoms with Gasteiger partial charge in [0.2, 0.25) is 5.91 Å². The van der Waals surface area contributed by atoms with Crippen LogP contribution in [-0.4, -0.2) is 46.6 Å². The van der Waals surface area contributed by atoms with Gasteiger partial charge >= 0.3 is 0 Å². The number of aromatic nitrogens is 1. The van der Waals surface area contributed by atoms with Crippen molar-refractivity contribution in [2.24, 2.45) is 5.92 Å². The second kappa shape index (κ2) is 7.70. The smallest absolute Gasteiger partial charge is 0.222 e. The van der Waals surface area contributed by atoms with Crippen molar-refractivity contribution in [1.29, 1.82) is 0 Å². The lowest BCUT2D eigenvalue weighted by Gasteiger charge is -2.26. The van der Waals surface area contributed by atoms with Gasteiger partial charge in [0.25, 0.3) is 0 Å². The first-order valence-electron chi connectivity index (χ1n) is 8.09. The van der Waals surface area contributed by atoms with Crippen LogP contribution in [0.3, 0.4) is 0 Å². The van der Waals surface area contributed by atoms with E-state index in [9.17, 15) is 9.90 Å². The fourth-order valence-electron chi connectivity index (χ4n) is 2.95. The Balaban J connectivity index is 1.92. The number of carbonyl (C=O) groups excluding carboxylic acids is 1. The van der Waals surface area contributed by atoms with Gasteiger partial charge in [-0.25, -0.2) is 0 Å². The molecule has 1 amide bonds. The van der Waals surface area contributed by atoms with E-state index in [0.717, 1.165) is 24.2 Å². The minimum atomic E-state index is -0.549. The zero-order valence-corrected chi connectivity index (χ0v) is 13.7. The van der Waals surface area contributed by atoms with Gasteiger partial charge in [-0.15, -0.1) is 0 Å². The van der Waals surface area contributed by atoms with E-state index in [-0.39, 0.29) is 11.9 Å². The molecular formula is C17H27N3O2. The molecule has 0 bridgehead atoms. The Hall–Kier alpha value is -1.46. The van der Waals surface area contributed by atoms with E-state index >= 15 is 0 Å². The first kappa shape index (κ1) is 16.9. The fraction of sp³-hybridized carbons (Fsp3) is 0.647. The van der Waals surface area contributed by atoms with Crippen LogP contribution >= 0.6 is 0 Å². The minimum Gasteiger partial charge on any atom is -0.390 e. The molecule has 1 aromatic rings. The molecule has 1 aliphatic rings. The number of aliphatic hydroxyl groups is 1. The van der Waals surface area contributed by atoms with Crippen molar-refractivity contribution < 1.29 is 9.90 Å². The van der Waals surface area contributed by atoms with E-state index in [1.54, 1.807) is 11.1 Å². The molecule has 122 valence electrons. The van der Waals surface area contributed by atoms with E-state index in [0.29, 0.717) is 25.4 Å². The number of rotatable bonds is 7. The average Bonchev–Trinajstić information content (AvgIpc) is 2.86. The van der Waals surface area contributed by atoms with Gasteiger partial charge < -0.3 is 15.3 Å². The minimum absolute atomic E-state index is 0.102. The third kappa shape index (κ3) is 4.27. The SMILES string of the molecule is Cc1cccnc1C(NCC(O)CN1CCCC1=O)C(C)C. The van der Waals surface area contributed by atoms with Gasteiger partial charge in [0.15, 0.2) is 0 Å². The number of hydrogen-bond donors (Lipinski definition) is 2. The highest BCUT2D eigenvalue weighted by atomic mass is 16.3. The molecule has 1 saturated heterocycles. The van der Waals surface area contributed by atoms with Gasteiger partial charge in [-0.1, -0.05) is 19.9 Å². The number of carbonyl (C=O) groups is 1. The second-order valence-electron chi connectivity index (χ2n) is 6.43. The van der Waals surface area contributed by atoms with Crippen molar-refractivity contribution in [1.82, 2.24) is 15.2 Å². The van der Waals surface area contributed by atoms with Gasteiger partial charge in [-0.3, -0.25) is 9.78 Å². The number of amides is 1. The lowest BCUT2D eigenvalue weighted by Crippen LogP contribution is -2.41. The van der Waals surface area contributed by atoms with Crippen molar-refractivity contribution in [3.05, 3.63) is 29.6 Å². The molecule has 0 aromatic carbocycles. The predicted molar refractivity (Wildman–Crippen MR) is 86.4 cm³/mol. The van der Waals surface area contributed by atoms with Crippen LogP contribution in [0.2, 0.25) is 0 Å². The average molecular weight is 305 g/mol.